The Kier molecular flexibility index (Phi) is 9.70. The lowest BCUT2D eigenvalue weighted by Crippen LogP contribution is -2.44. The fourth-order valence-corrected chi connectivity index (χ4v) is 5.79. The summed E-state index contributed by atoms with van der Waals surface area (Å²) in [6.45, 7) is 0. The molecule has 0 aliphatic rings. The number of carboxylic acids is 1. The van der Waals surface area contributed by atoms with E-state index in [0.717, 1.165) is 12.7 Å². The van der Waals surface area contributed by atoms with E-state index in [1.165, 1.54) is 24.3 Å². The quantitative estimate of drug-likeness (QED) is 0.0950. The summed E-state index contributed by atoms with van der Waals surface area (Å²) in [6, 6.07) is 13.2. The van der Waals surface area contributed by atoms with Gasteiger partial charge < -0.3 is 25.6 Å². The molecule has 0 aliphatic carbocycles. The van der Waals surface area contributed by atoms with E-state index < -0.39 is 16.9 Å². The molecule has 0 fully saturated rings. The van der Waals surface area contributed by atoms with E-state index >= 15 is 0 Å². The number of non-ortho nitro benzene ring substituents is 1. The number of phenolic OH excluding ortho intramolecular Hbond substituents is 1. The van der Waals surface area contributed by atoms with E-state index in [9.17, 15) is 25.1 Å². The van der Waals surface area contributed by atoms with Crippen molar-refractivity contribution in [1.29, 1.82) is 0 Å². The zero-order chi connectivity index (χ0) is 25.7. The van der Waals surface area contributed by atoms with Gasteiger partial charge in [-0.05, 0) is 128 Å². The van der Waals surface area contributed by atoms with Crippen molar-refractivity contribution in [3.63, 3.8) is 0 Å². The van der Waals surface area contributed by atoms with E-state index in [4.69, 9.17) is 17.0 Å². The SMILES string of the molecule is O=C(O)C(Cc1cc(I)c(Oc2ccc(O)c(I)c2)c(I)c1)NC(=S)Nc1ccc([N+](=O)[O-])cc1. The van der Waals surface area contributed by atoms with E-state index in [2.05, 4.69) is 55.8 Å². The topological polar surface area (TPSA) is 134 Å². The molecule has 35 heavy (non-hydrogen) atoms. The Balaban J connectivity index is 1.70. The Morgan fingerprint density at radius 2 is 1.69 bits per heavy atom. The van der Waals surface area contributed by atoms with Crippen LogP contribution in [-0.2, 0) is 11.2 Å². The number of hydrogen-bond donors (Lipinski definition) is 4. The predicted molar refractivity (Wildman–Crippen MR) is 160 cm³/mol. The van der Waals surface area contributed by atoms with Crippen molar-refractivity contribution in [1.82, 2.24) is 5.32 Å². The lowest BCUT2D eigenvalue weighted by atomic mass is 10.1. The molecule has 4 N–H and O–H groups in total. The van der Waals surface area contributed by atoms with Crippen LogP contribution in [-0.4, -0.2) is 32.3 Å². The number of aromatic hydroxyl groups is 1. The van der Waals surface area contributed by atoms with Crippen LogP contribution >= 0.6 is 80.0 Å². The first-order valence-corrected chi connectivity index (χ1v) is 13.4. The molecule has 0 aliphatic heterocycles. The number of nitro benzene ring substituents is 1. The maximum Gasteiger partial charge on any atom is 0.326 e. The van der Waals surface area contributed by atoms with Gasteiger partial charge in [0, 0.05) is 24.2 Å². The Hall–Kier alpha value is -1.99. The van der Waals surface area contributed by atoms with Crippen LogP contribution in [0, 0.1) is 20.8 Å². The van der Waals surface area contributed by atoms with E-state index in [1.807, 2.05) is 34.7 Å². The second-order valence-corrected chi connectivity index (χ2v) is 11.0. The molecule has 1 unspecified atom stereocenters. The van der Waals surface area contributed by atoms with Crippen molar-refractivity contribution in [2.45, 2.75) is 12.5 Å². The number of carboxylic acid groups (broad SMARTS) is 1. The first-order chi connectivity index (χ1) is 16.5. The third-order valence-electron chi connectivity index (χ3n) is 4.58. The van der Waals surface area contributed by atoms with Gasteiger partial charge in [-0.15, -0.1) is 0 Å². The number of benzene rings is 3. The summed E-state index contributed by atoms with van der Waals surface area (Å²) in [5.74, 6) is 0.294. The number of nitrogens with one attached hydrogen (secondary N) is 2. The van der Waals surface area contributed by atoms with Gasteiger partial charge in [-0.1, -0.05) is 0 Å². The summed E-state index contributed by atoms with van der Waals surface area (Å²) in [6.07, 6.45) is 0.154. The predicted octanol–water partition coefficient (Wildman–Crippen LogP) is 5.89. The maximum absolute atomic E-state index is 11.9. The average molecular weight is 831 g/mol. The van der Waals surface area contributed by atoms with Crippen LogP contribution in [0.4, 0.5) is 11.4 Å². The van der Waals surface area contributed by atoms with E-state index in [0.29, 0.717) is 20.8 Å². The Bertz CT molecular complexity index is 1270. The summed E-state index contributed by atoms with van der Waals surface area (Å²) in [7, 11) is 0. The highest BCUT2D eigenvalue weighted by Gasteiger charge is 2.21. The number of ether oxygens (including phenoxy) is 1. The summed E-state index contributed by atoms with van der Waals surface area (Å²) >= 11 is 11.5. The molecule has 3 aromatic carbocycles. The molecular formula is C22H16I3N3O6S. The lowest BCUT2D eigenvalue weighted by molar-refractivity contribution is -0.384. The van der Waals surface area contributed by atoms with Crippen LogP contribution in [0.3, 0.4) is 0 Å². The standard InChI is InChI=1S/C22H16I3N3O6S/c23-15-10-14(5-6-19(15)29)34-20-16(24)7-11(8-17(20)25)9-18(21(30)31)27-22(35)26-12-1-3-13(4-2-12)28(32)33/h1-8,10,18,29H,9H2,(H,30,31)(H2,26,27,35). The smallest absolute Gasteiger partial charge is 0.326 e. The van der Waals surface area contributed by atoms with Gasteiger partial charge in [0.2, 0.25) is 0 Å². The van der Waals surface area contributed by atoms with Gasteiger partial charge in [0.15, 0.2) is 10.9 Å². The second-order valence-electron chi connectivity index (χ2n) is 7.10. The highest BCUT2D eigenvalue weighted by atomic mass is 127. The minimum Gasteiger partial charge on any atom is -0.507 e. The van der Waals surface area contributed by atoms with Crippen molar-refractivity contribution >= 4 is 102 Å². The fourth-order valence-electron chi connectivity index (χ4n) is 2.92. The minimum absolute atomic E-state index is 0.0605. The van der Waals surface area contributed by atoms with Crippen LogP contribution in [0.15, 0.2) is 54.6 Å². The number of hydrogen-bond acceptors (Lipinski definition) is 6. The van der Waals surface area contributed by atoms with Crippen LogP contribution in [0.2, 0.25) is 0 Å². The monoisotopic (exact) mass is 831 g/mol. The normalized spacial score (nSPS) is 11.4. The molecule has 3 rings (SSSR count). The molecule has 182 valence electrons. The van der Waals surface area contributed by atoms with Crippen LogP contribution in [0.1, 0.15) is 5.56 Å². The molecule has 3 aromatic rings. The highest BCUT2D eigenvalue weighted by molar-refractivity contribution is 14.1. The molecule has 0 saturated carbocycles. The van der Waals surface area contributed by atoms with Gasteiger partial charge in [-0.2, -0.15) is 0 Å². The third kappa shape index (κ3) is 7.74. The van der Waals surface area contributed by atoms with Gasteiger partial charge in [0.05, 0.1) is 15.6 Å². The zero-order valence-electron chi connectivity index (χ0n) is 17.5. The van der Waals surface area contributed by atoms with Gasteiger partial charge in [-0.3, -0.25) is 10.1 Å². The first kappa shape index (κ1) is 27.6. The van der Waals surface area contributed by atoms with Crippen molar-refractivity contribution < 1.29 is 24.7 Å². The number of nitro groups is 1. The summed E-state index contributed by atoms with van der Waals surface area (Å²) in [4.78, 5) is 22.1. The number of phenols is 1. The molecule has 0 heterocycles. The van der Waals surface area contributed by atoms with Crippen molar-refractivity contribution in [3.05, 3.63) is 81.0 Å². The highest BCUT2D eigenvalue weighted by Crippen LogP contribution is 2.35. The number of halogens is 3. The summed E-state index contributed by atoms with van der Waals surface area (Å²) in [5.41, 5.74) is 1.20. The Labute approximate surface area is 246 Å². The van der Waals surface area contributed by atoms with E-state index in [1.54, 1.807) is 18.2 Å². The maximum atomic E-state index is 11.9. The van der Waals surface area contributed by atoms with Crippen molar-refractivity contribution in [2.75, 3.05) is 5.32 Å². The molecule has 0 aromatic heterocycles. The molecule has 13 heteroatoms. The summed E-state index contributed by atoms with van der Waals surface area (Å²) in [5, 5.41) is 35.9. The Morgan fingerprint density at radius 3 is 2.23 bits per heavy atom. The fraction of sp³-hybridized carbons (Fsp3) is 0.0909. The number of aliphatic carboxylic acids is 1. The average Bonchev–Trinajstić information content (AvgIpc) is 2.78. The number of rotatable bonds is 8. The zero-order valence-corrected chi connectivity index (χ0v) is 24.8. The second kappa shape index (κ2) is 12.3. The number of carbonyl (C=O) groups is 1. The molecule has 0 saturated heterocycles. The summed E-state index contributed by atoms with van der Waals surface area (Å²) < 4.78 is 8.25. The van der Waals surface area contributed by atoms with E-state index in [-0.39, 0.29) is 23.0 Å². The molecule has 1 atom stereocenters. The van der Waals surface area contributed by atoms with Crippen LogP contribution < -0.4 is 15.4 Å². The first-order valence-electron chi connectivity index (χ1n) is 9.72. The van der Waals surface area contributed by atoms with Gasteiger partial charge >= 0.3 is 5.97 Å². The molecule has 0 spiro atoms. The van der Waals surface area contributed by atoms with Crippen molar-refractivity contribution in [2.24, 2.45) is 0 Å². The van der Waals surface area contributed by atoms with Crippen molar-refractivity contribution in [3.8, 4) is 17.2 Å². The van der Waals surface area contributed by atoms with Crippen LogP contribution in [0.5, 0.6) is 17.2 Å². The number of thiocarbonyl (C=S) groups is 1. The molecule has 0 bridgehead atoms. The minimum atomic E-state index is -1.08. The van der Waals surface area contributed by atoms with Crippen LogP contribution in [0.25, 0.3) is 0 Å². The third-order valence-corrected chi connectivity index (χ3v) is 7.26. The molecule has 0 amide bonds. The molecule has 9 nitrogen and oxygen atoms in total. The largest absolute Gasteiger partial charge is 0.507 e. The molecule has 0 radical (unpaired) electrons. The number of anilines is 1. The molecular weight excluding hydrogens is 815 g/mol. The lowest BCUT2D eigenvalue weighted by Gasteiger charge is -2.19. The Morgan fingerprint density at radius 1 is 1.06 bits per heavy atom. The van der Waals surface area contributed by atoms with Gasteiger partial charge in [0.25, 0.3) is 5.69 Å². The van der Waals surface area contributed by atoms with Gasteiger partial charge in [-0.25, -0.2) is 4.79 Å². The number of nitrogens with zero attached hydrogens (tertiary/aromatic N) is 1. The van der Waals surface area contributed by atoms with Gasteiger partial charge in [0.1, 0.15) is 17.5 Å².